The molecule has 0 bridgehead atoms. The molecule has 0 atom stereocenters. The first-order valence-corrected chi connectivity index (χ1v) is 3.98. The molecule has 0 aromatic rings. The van der Waals surface area contributed by atoms with Gasteiger partial charge < -0.3 is 10.4 Å². The van der Waals surface area contributed by atoms with Crippen LogP contribution in [0.25, 0.3) is 0 Å². The van der Waals surface area contributed by atoms with Crippen LogP contribution in [0.5, 0.6) is 0 Å². The van der Waals surface area contributed by atoms with Gasteiger partial charge >= 0.3 is 5.97 Å². The van der Waals surface area contributed by atoms with E-state index in [9.17, 15) is 9.59 Å². The normalized spacial score (nSPS) is 19.5. The van der Waals surface area contributed by atoms with Crippen molar-refractivity contribution in [2.24, 2.45) is 0 Å². The molecule has 1 saturated heterocycles. The van der Waals surface area contributed by atoms with Gasteiger partial charge in [-0.05, 0) is 19.1 Å². The summed E-state index contributed by atoms with van der Waals surface area (Å²) in [5.74, 6) is -1.48. The van der Waals surface area contributed by atoms with Crippen molar-refractivity contribution in [2.45, 2.75) is 6.92 Å². The van der Waals surface area contributed by atoms with Gasteiger partial charge in [0.05, 0.1) is 0 Å². The maximum absolute atomic E-state index is 11.3. The van der Waals surface area contributed by atoms with E-state index >= 15 is 0 Å². The molecule has 0 aromatic heterocycles. The number of hydrogen-bond acceptors (Lipinski definition) is 3. The number of carbonyl (C=O) groups excluding carboxylic acids is 1. The van der Waals surface area contributed by atoms with E-state index in [0.29, 0.717) is 5.70 Å². The molecule has 5 nitrogen and oxygen atoms in total. The van der Waals surface area contributed by atoms with Crippen molar-refractivity contribution in [3.63, 3.8) is 0 Å². The van der Waals surface area contributed by atoms with Crippen molar-refractivity contribution in [3.8, 4) is 0 Å². The summed E-state index contributed by atoms with van der Waals surface area (Å²) in [6.45, 7) is 1.27. The molecule has 1 amide bonds. The number of carbonyl (C=O) groups is 2. The van der Waals surface area contributed by atoms with E-state index in [4.69, 9.17) is 17.3 Å². The van der Waals surface area contributed by atoms with Crippen molar-refractivity contribution >= 4 is 29.2 Å². The Hall–Kier alpha value is -1.43. The Kier molecular flexibility index (Phi) is 2.62. The van der Waals surface area contributed by atoms with Crippen molar-refractivity contribution in [3.05, 3.63) is 11.8 Å². The molecule has 1 heterocycles. The zero-order valence-electron chi connectivity index (χ0n) is 6.90. The van der Waals surface area contributed by atoms with Crippen LogP contribution >= 0.6 is 12.2 Å². The highest BCUT2D eigenvalue weighted by Gasteiger charge is 2.31. The third-order valence-corrected chi connectivity index (χ3v) is 1.87. The molecule has 1 aliphatic heterocycles. The van der Waals surface area contributed by atoms with Gasteiger partial charge in [0.2, 0.25) is 0 Å². The zero-order chi connectivity index (χ0) is 10.0. The highest BCUT2D eigenvalue weighted by molar-refractivity contribution is 7.80. The van der Waals surface area contributed by atoms with E-state index in [0.717, 1.165) is 4.90 Å². The summed E-state index contributed by atoms with van der Waals surface area (Å²) in [7, 11) is 0. The van der Waals surface area contributed by atoms with E-state index in [1.54, 1.807) is 13.0 Å². The zero-order valence-corrected chi connectivity index (χ0v) is 7.72. The summed E-state index contributed by atoms with van der Waals surface area (Å²) in [4.78, 5) is 22.7. The van der Waals surface area contributed by atoms with Crippen LogP contribution in [0.15, 0.2) is 11.8 Å². The van der Waals surface area contributed by atoms with Crippen LogP contribution in [0.3, 0.4) is 0 Å². The fourth-order valence-corrected chi connectivity index (χ4v) is 1.21. The molecule has 0 aliphatic carbocycles. The van der Waals surface area contributed by atoms with Crippen LogP contribution in [0.2, 0.25) is 0 Å². The SMILES string of the molecule is C/C=C1/NC(=S)N(CC(=O)O)C1=O. The molecule has 13 heavy (non-hydrogen) atoms. The maximum atomic E-state index is 11.3. The number of rotatable bonds is 2. The van der Waals surface area contributed by atoms with Gasteiger partial charge in [-0.3, -0.25) is 14.5 Å². The monoisotopic (exact) mass is 200 g/mol. The van der Waals surface area contributed by atoms with E-state index < -0.39 is 18.4 Å². The van der Waals surface area contributed by atoms with Gasteiger partial charge in [0, 0.05) is 0 Å². The Morgan fingerprint density at radius 2 is 2.38 bits per heavy atom. The molecule has 1 fully saturated rings. The standard InChI is InChI=1S/C7H8N2O3S/c1-2-4-6(12)9(3-5(10)11)7(13)8-4/h2H,3H2,1H3,(H,8,13)(H,10,11)/b4-2+. The van der Waals surface area contributed by atoms with Crippen molar-refractivity contribution in [2.75, 3.05) is 6.54 Å². The Morgan fingerprint density at radius 1 is 1.77 bits per heavy atom. The third-order valence-electron chi connectivity index (χ3n) is 1.54. The highest BCUT2D eigenvalue weighted by atomic mass is 32.1. The van der Waals surface area contributed by atoms with Gasteiger partial charge in [0.1, 0.15) is 12.2 Å². The fourth-order valence-electron chi connectivity index (χ4n) is 0.948. The maximum Gasteiger partial charge on any atom is 0.323 e. The van der Waals surface area contributed by atoms with Gasteiger partial charge in [-0.15, -0.1) is 0 Å². The number of hydrogen-bond donors (Lipinski definition) is 2. The Bertz CT molecular complexity index is 311. The number of amides is 1. The summed E-state index contributed by atoms with van der Waals surface area (Å²) < 4.78 is 0. The quantitative estimate of drug-likeness (QED) is 0.472. The summed E-state index contributed by atoms with van der Waals surface area (Å²) in [6.07, 6.45) is 1.55. The lowest BCUT2D eigenvalue weighted by atomic mass is 10.4. The molecule has 6 heteroatoms. The van der Waals surface area contributed by atoms with Crippen molar-refractivity contribution in [1.29, 1.82) is 0 Å². The van der Waals surface area contributed by atoms with Crippen LogP contribution in [0, 0.1) is 0 Å². The van der Waals surface area contributed by atoms with Crippen LogP contribution in [-0.4, -0.2) is 33.5 Å². The number of carboxylic acids is 1. The van der Waals surface area contributed by atoms with Gasteiger partial charge in [-0.2, -0.15) is 0 Å². The molecule has 70 valence electrons. The summed E-state index contributed by atoms with van der Waals surface area (Å²) in [5.41, 5.74) is 0.325. The number of aliphatic carboxylic acids is 1. The Labute approximate surface area is 80.0 Å². The highest BCUT2D eigenvalue weighted by Crippen LogP contribution is 2.08. The first kappa shape index (κ1) is 9.66. The smallest absolute Gasteiger partial charge is 0.323 e. The van der Waals surface area contributed by atoms with E-state index in [1.165, 1.54) is 0 Å². The summed E-state index contributed by atoms with van der Waals surface area (Å²) >= 11 is 4.77. The van der Waals surface area contributed by atoms with Crippen LogP contribution in [-0.2, 0) is 9.59 Å². The number of nitrogens with one attached hydrogen (secondary N) is 1. The predicted octanol–water partition coefficient (Wildman–Crippen LogP) is -0.309. The van der Waals surface area contributed by atoms with E-state index in [1.807, 2.05) is 0 Å². The van der Waals surface area contributed by atoms with E-state index in [-0.39, 0.29) is 5.11 Å². The Balaban J connectivity index is 2.82. The minimum Gasteiger partial charge on any atom is -0.480 e. The van der Waals surface area contributed by atoms with Crippen LogP contribution < -0.4 is 5.32 Å². The van der Waals surface area contributed by atoms with Gasteiger partial charge in [-0.1, -0.05) is 6.08 Å². The first-order chi connectivity index (χ1) is 6.06. The van der Waals surface area contributed by atoms with Gasteiger partial charge in [-0.25, -0.2) is 0 Å². The fraction of sp³-hybridized carbons (Fsp3) is 0.286. The van der Waals surface area contributed by atoms with Crippen molar-refractivity contribution in [1.82, 2.24) is 10.2 Å². The van der Waals surface area contributed by atoms with Crippen LogP contribution in [0.4, 0.5) is 0 Å². The predicted molar refractivity (Wildman–Crippen MR) is 48.8 cm³/mol. The molecule has 1 aliphatic rings. The second-order valence-electron chi connectivity index (χ2n) is 2.42. The average molecular weight is 200 g/mol. The molecule has 0 saturated carbocycles. The second-order valence-corrected chi connectivity index (χ2v) is 2.80. The molecular weight excluding hydrogens is 192 g/mol. The molecule has 0 spiro atoms. The molecule has 0 unspecified atom stereocenters. The largest absolute Gasteiger partial charge is 0.480 e. The average Bonchev–Trinajstić information content (AvgIpc) is 2.31. The Morgan fingerprint density at radius 3 is 2.77 bits per heavy atom. The molecule has 2 N–H and O–H groups in total. The minimum absolute atomic E-state index is 0.139. The number of carboxylic acid groups (broad SMARTS) is 1. The third kappa shape index (κ3) is 1.83. The number of nitrogens with zero attached hydrogens (tertiary/aromatic N) is 1. The molecule has 0 radical (unpaired) electrons. The van der Waals surface area contributed by atoms with Gasteiger partial charge in [0.15, 0.2) is 5.11 Å². The minimum atomic E-state index is -1.09. The number of allylic oxidation sites excluding steroid dienone is 1. The molecule has 0 aromatic carbocycles. The van der Waals surface area contributed by atoms with Crippen molar-refractivity contribution < 1.29 is 14.7 Å². The number of thiocarbonyl (C=S) groups is 1. The lowest BCUT2D eigenvalue weighted by Gasteiger charge is -2.09. The lowest BCUT2D eigenvalue weighted by Crippen LogP contribution is -2.35. The summed E-state index contributed by atoms with van der Waals surface area (Å²) in [5, 5.41) is 11.2. The van der Waals surface area contributed by atoms with Gasteiger partial charge in [0.25, 0.3) is 5.91 Å². The lowest BCUT2D eigenvalue weighted by molar-refractivity contribution is -0.140. The summed E-state index contributed by atoms with van der Waals surface area (Å²) in [6, 6.07) is 0. The first-order valence-electron chi connectivity index (χ1n) is 3.57. The molecule has 1 rings (SSSR count). The molecular formula is C7H8N2O3S. The van der Waals surface area contributed by atoms with E-state index in [2.05, 4.69) is 5.32 Å². The second kappa shape index (κ2) is 3.53. The topological polar surface area (TPSA) is 69.6 Å². The van der Waals surface area contributed by atoms with Crippen LogP contribution in [0.1, 0.15) is 6.92 Å².